The first-order chi connectivity index (χ1) is 10.5. The van der Waals surface area contributed by atoms with Crippen LogP contribution in [-0.4, -0.2) is 17.6 Å². The molecule has 2 aromatic rings. The van der Waals surface area contributed by atoms with Crippen LogP contribution >= 0.6 is 0 Å². The van der Waals surface area contributed by atoms with Crippen molar-refractivity contribution >= 4 is 11.7 Å². The maximum atomic E-state index is 13.0. The number of alkyl halides is 2. The summed E-state index contributed by atoms with van der Waals surface area (Å²) in [4.78, 5) is 15.6. The first-order valence-corrected chi connectivity index (χ1v) is 6.22. The molecular weight excluding hydrogens is 299 g/mol. The smallest absolute Gasteiger partial charge is 0.387 e. The summed E-state index contributed by atoms with van der Waals surface area (Å²) in [6, 6.07) is 5.72. The van der Waals surface area contributed by atoms with E-state index in [0.717, 1.165) is 23.8 Å². The molecule has 116 valence electrons. The third-order valence-corrected chi connectivity index (χ3v) is 2.61. The first-order valence-electron chi connectivity index (χ1n) is 6.22. The number of benzene rings is 1. The number of nitrogens with zero attached hydrogens (tertiary/aromatic N) is 1. The highest BCUT2D eigenvalue weighted by molar-refractivity contribution is 5.90. The van der Waals surface area contributed by atoms with E-state index in [1.807, 2.05) is 0 Å². The monoisotopic (exact) mass is 311 g/mol. The van der Waals surface area contributed by atoms with Gasteiger partial charge in [0.2, 0.25) is 0 Å². The quantitative estimate of drug-likeness (QED) is 0.891. The zero-order valence-corrected chi connectivity index (χ0v) is 11.2. The predicted molar refractivity (Wildman–Crippen MR) is 73.1 cm³/mol. The van der Waals surface area contributed by atoms with Crippen LogP contribution in [0.3, 0.4) is 0 Å². The van der Waals surface area contributed by atoms with E-state index in [-0.39, 0.29) is 12.2 Å². The first kappa shape index (κ1) is 15.6. The van der Waals surface area contributed by atoms with Crippen LogP contribution in [0.2, 0.25) is 0 Å². The van der Waals surface area contributed by atoms with Crippen molar-refractivity contribution in [1.29, 1.82) is 0 Å². The number of hydrogen-bond acceptors (Lipinski definition) is 3. The summed E-state index contributed by atoms with van der Waals surface area (Å²) in [6.45, 7) is -2.90. The minimum atomic E-state index is -3.12. The molecule has 0 aliphatic heterocycles. The molecule has 0 aliphatic carbocycles. The summed E-state index contributed by atoms with van der Waals surface area (Å²) in [5.74, 6) is -1.20. The number of urea groups is 1. The van der Waals surface area contributed by atoms with E-state index in [2.05, 4.69) is 20.4 Å². The molecule has 1 heterocycles. The Morgan fingerprint density at radius 2 is 1.95 bits per heavy atom. The molecule has 1 aromatic heterocycles. The van der Waals surface area contributed by atoms with Crippen LogP contribution in [0.15, 0.2) is 42.7 Å². The van der Waals surface area contributed by atoms with E-state index in [1.165, 1.54) is 0 Å². The van der Waals surface area contributed by atoms with Gasteiger partial charge in [0.1, 0.15) is 5.82 Å². The van der Waals surface area contributed by atoms with Crippen molar-refractivity contribution in [2.24, 2.45) is 0 Å². The minimum Gasteiger partial charge on any atom is -0.432 e. The van der Waals surface area contributed by atoms with Crippen LogP contribution in [0.5, 0.6) is 5.75 Å². The van der Waals surface area contributed by atoms with E-state index < -0.39 is 24.2 Å². The molecular formula is C14H12F3N3O2. The summed E-state index contributed by atoms with van der Waals surface area (Å²) in [5.41, 5.74) is 0.752. The Morgan fingerprint density at radius 1 is 1.23 bits per heavy atom. The third kappa shape index (κ3) is 4.65. The molecule has 2 rings (SSSR count). The van der Waals surface area contributed by atoms with Gasteiger partial charge in [-0.05, 0) is 29.8 Å². The van der Waals surface area contributed by atoms with Crippen LogP contribution in [-0.2, 0) is 6.54 Å². The van der Waals surface area contributed by atoms with E-state index in [4.69, 9.17) is 0 Å². The lowest BCUT2D eigenvalue weighted by Gasteiger charge is -2.12. The number of amides is 2. The molecule has 8 heteroatoms. The Kier molecular flexibility index (Phi) is 5.18. The zero-order valence-electron chi connectivity index (χ0n) is 11.2. The van der Waals surface area contributed by atoms with Crippen LogP contribution < -0.4 is 15.4 Å². The van der Waals surface area contributed by atoms with Crippen molar-refractivity contribution in [2.45, 2.75) is 13.2 Å². The van der Waals surface area contributed by atoms with Gasteiger partial charge < -0.3 is 15.4 Å². The zero-order chi connectivity index (χ0) is 15.9. The Hall–Kier alpha value is -2.77. The Balaban J connectivity index is 1.99. The lowest BCUT2D eigenvalue weighted by molar-refractivity contribution is -0.0495. The molecule has 0 unspecified atom stereocenters. The molecule has 1 aromatic carbocycles. The van der Waals surface area contributed by atoms with E-state index in [1.54, 1.807) is 24.5 Å². The van der Waals surface area contributed by atoms with Crippen molar-refractivity contribution in [3.8, 4) is 5.75 Å². The van der Waals surface area contributed by atoms with E-state index in [0.29, 0.717) is 0 Å². The highest BCUT2D eigenvalue weighted by Crippen LogP contribution is 2.26. The topological polar surface area (TPSA) is 63.2 Å². The normalized spacial score (nSPS) is 10.4. The number of ether oxygens (including phenoxy) is 1. The fraction of sp³-hybridized carbons (Fsp3) is 0.143. The number of nitrogens with one attached hydrogen (secondary N) is 2. The van der Waals surface area contributed by atoms with Gasteiger partial charge in [-0.15, -0.1) is 0 Å². The number of hydrogen-bond donors (Lipinski definition) is 2. The van der Waals surface area contributed by atoms with Gasteiger partial charge in [0.25, 0.3) is 0 Å². The second-order valence-corrected chi connectivity index (χ2v) is 4.18. The van der Waals surface area contributed by atoms with Gasteiger partial charge in [-0.3, -0.25) is 4.98 Å². The van der Waals surface area contributed by atoms with Gasteiger partial charge in [-0.2, -0.15) is 8.78 Å². The molecule has 0 aliphatic rings. The van der Waals surface area contributed by atoms with Gasteiger partial charge in [-0.25, -0.2) is 9.18 Å². The van der Waals surface area contributed by atoms with E-state index in [9.17, 15) is 18.0 Å². The van der Waals surface area contributed by atoms with Gasteiger partial charge in [0.15, 0.2) is 5.75 Å². The second-order valence-electron chi connectivity index (χ2n) is 4.18. The predicted octanol–water partition coefficient (Wildman–Crippen LogP) is 3.14. The number of anilines is 1. The van der Waals surface area contributed by atoms with Gasteiger partial charge in [-0.1, -0.05) is 0 Å². The van der Waals surface area contributed by atoms with Crippen molar-refractivity contribution in [1.82, 2.24) is 10.3 Å². The minimum absolute atomic E-state index is 0.0612. The summed E-state index contributed by atoms with van der Waals surface area (Å²) < 4.78 is 41.7. The summed E-state index contributed by atoms with van der Waals surface area (Å²) in [7, 11) is 0. The Bertz CT molecular complexity index is 638. The largest absolute Gasteiger partial charge is 0.432 e. The van der Waals surface area contributed by atoms with Gasteiger partial charge in [0.05, 0.1) is 5.69 Å². The lowest BCUT2D eigenvalue weighted by Crippen LogP contribution is -2.28. The number of halogens is 3. The molecule has 2 amide bonds. The number of carbonyl (C=O) groups excluding carboxylic acids is 1. The molecule has 0 radical (unpaired) electrons. The SMILES string of the molecule is O=C(NCc1ccncc1)Nc1ccc(F)cc1OC(F)F. The standard InChI is InChI=1S/C14H12F3N3O2/c15-10-1-2-11(12(7-10)22-13(16)17)20-14(21)19-8-9-3-5-18-6-4-9/h1-7,13H,8H2,(H2,19,20,21). The highest BCUT2D eigenvalue weighted by Gasteiger charge is 2.13. The average molecular weight is 311 g/mol. The van der Waals surface area contributed by atoms with Crippen molar-refractivity contribution < 1.29 is 22.7 Å². The fourth-order valence-corrected chi connectivity index (χ4v) is 1.64. The van der Waals surface area contributed by atoms with E-state index >= 15 is 0 Å². The van der Waals surface area contributed by atoms with Gasteiger partial charge in [0, 0.05) is 25.0 Å². The number of rotatable bonds is 5. The molecule has 0 saturated carbocycles. The molecule has 0 saturated heterocycles. The Labute approximate surface area is 124 Å². The van der Waals surface area contributed by atoms with Crippen LogP contribution in [0.25, 0.3) is 0 Å². The summed E-state index contributed by atoms with van der Waals surface area (Å²) in [5, 5.41) is 4.85. The van der Waals surface area contributed by atoms with Crippen molar-refractivity contribution in [3.05, 3.63) is 54.1 Å². The Morgan fingerprint density at radius 3 is 2.64 bits per heavy atom. The number of pyridine rings is 1. The van der Waals surface area contributed by atoms with Crippen LogP contribution in [0.1, 0.15) is 5.56 Å². The van der Waals surface area contributed by atoms with Gasteiger partial charge >= 0.3 is 12.6 Å². The number of carbonyl (C=O) groups is 1. The highest BCUT2D eigenvalue weighted by atomic mass is 19.3. The second kappa shape index (κ2) is 7.30. The maximum absolute atomic E-state index is 13.0. The lowest BCUT2D eigenvalue weighted by atomic mass is 10.2. The summed E-state index contributed by atoms with van der Waals surface area (Å²) in [6.07, 6.45) is 3.15. The molecule has 5 nitrogen and oxygen atoms in total. The maximum Gasteiger partial charge on any atom is 0.387 e. The average Bonchev–Trinajstić information content (AvgIpc) is 2.48. The molecule has 0 fully saturated rings. The molecule has 0 atom stereocenters. The fourth-order valence-electron chi connectivity index (χ4n) is 1.64. The van der Waals surface area contributed by atoms with Crippen LogP contribution in [0, 0.1) is 5.82 Å². The van der Waals surface area contributed by atoms with Crippen LogP contribution in [0.4, 0.5) is 23.7 Å². The third-order valence-electron chi connectivity index (χ3n) is 2.61. The molecule has 0 bridgehead atoms. The molecule has 2 N–H and O–H groups in total. The molecule has 0 spiro atoms. The molecule has 22 heavy (non-hydrogen) atoms. The van der Waals surface area contributed by atoms with Crippen molar-refractivity contribution in [3.63, 3.8) is 0 Å². The summed E-state index contributed by atoms with van der Waals surface area (Å²) >= 11 is 0. The van der Waals surface area contributed by atoms with Crippen molar-refractivity contribution in [2.75, 3.05) is 5.32 Å². The number of aromatic nitrogens is 1.